The third kappa shape index (κ3) is 2.83. The molecule has 1 aliphatic heterocycles. The molecule has 0 amide bonds. The van der Waals surface area contributed by atoms with Gasteiger partial charge in [-0.2, -0.15) is 5.26 Å². The maximum absolute atomic E-state index is 8.37. The van der Waals surface area contributed by atoms with Crippen molar-refractivity contribution < 1.29 is 0 Å². The molecule has 2 heteroatoms. The van der Waals surface area contributed by atoms with Crippen LogP contribution in [-0.4, -0.2) is 24.5 Å². The lowest BCUT2D eigenvalue weighted by molar-refractivity contribution is 0.0879. The molecule has 12 heavy (non-hydrogen) atoms. The molecule has 0 N–H and O–H groups in total. The van der Waals surface area contributed by atoms with Crippen molar-refractivity contribution in [3.63, 3.8) is 0 Å². The topological polar surface area (TPSA) is 27.0 Å². The van der Waals surface area contributed by atoms with Crippen molar-refractivity contribution >= 4 is 0 Å². The molecule has 0 aromatic heterocycles. The molecule has 0 radical (unpaired) electrons. The first-order valence-corrected chi connectivity index (χ1v) is 4.81. The van der Waals surface area contributed by atoms with Gasteiger partial charge in [0.25, 0.3) is 0 Å². The number of nitrogens with zero attached hydrogens (tertiary/aromatic N) is 2. The van der Waals surface area contributed by atoms with E-state index in [-0.39, 0.29) is 0 Å². The first-order valence-electron chi connectivity index (χ1n) is 4.81. The highest BCUT2D eigenvalue weighted by atomic mass is 15.2. The Morgan fingerprint density at radius 3 is 2.67 bits per heavy atom. The van der Waals surface area contributed by atoms with Gasteiger partial charge in [0.15, 0.2) is 0 Å². The Balaban J connectivity index is 2.01. The molecule has 0 aliphatic carbocycles. The van der Waals surface area contributed by atoms with Crippen molar-refractivity contribution in [1.29, 1.82) is 5.26 Å². The summed E-state index contributed by atoms with van der Waals surface area (Å²) >= 11 is 0. The van der Waals surface area contributed by atoms with Gasteiger partial charge in [-0.1, -0.05) is 13.8 Å². The largest absolute Gasteiger partial charge is 0.302 e. The molecule has 0 aromatic carbocycles. The Kier molecular flexibility index (Phi) is 3.55. The monoisotopic (exact) mass is 166 g/mol. The van der Waals surface area contributed by atoms with E-state index in [4.69, 9.17) is 5.26 Å². The van der Waals surface area contributed by atoms with Crippen molar-refractivity contribution in [3.05, 3.63) is 0 Å². The van der Waals surface area contributed by atoms with E-state index in [1.54, 1.807) is 0 Å². The average Bonchev–Trinajstić information content (AvgIpc) is 1.93. The summed E-state index contributed by atoms with van der Waals surface area (Å²) in [6, 6.07) is 2.18. The van der Waals surface area contributed by atoms with Crippen molar-refractivity contribution in [2.24, 2.45) is 11.8 Å². The number of rotatable bonds is 4. The lowest BCUT2D eigenvalue weighted by Gasteiger charge is -2.39. The Morgan fingerprint density at radius 2 is 2.17 bits per heavy atom. The third-order valence-electron chi connectivity index (χ3n) is 2.38. The van der Waals surface area contributed by atoms with E-state index in [9.17, 15) is 0 Å². The summed E-state index contributed by atoms with van der Waals surface area (Å²) in [6.07, 6.45) is 2.04. The molecular weight excluding hydrogens is 148 g/mol. The van der Waals surface area contributed by atoms with Gasteiger partial charge < -0.3 is 4.90 Å². The second kappa shape index (κ2) is 4.47. The summed E-state index contributed by atoms with van der Waals surface area (Å²) in [7, 11) is 0. The maximum atomic E-state index is 8.37. The standard InChI is InChI=1S/C10H18N2/c1-9(2)6-10-7-12(8-10)5-3-4-11/h9-10H,3,5-8H2,1-2H3. The molecule has 0 bridgehead atoms. The number of nitriles is 1. The van der Waals surface area contributed by atoms with Gasteiger partial charge in [-0.25, -0.2) is 0 Å². The minimum absolute atomic E-state index is 0.689. The Hall–Kier alpha value is -0.550. The number of hydrogen-bond acceptors (Lipinski definition) is 2. The number of likely N-dealkylation sites (tertiary alicyclic amines) is 1. The molecule has 1 aliphatic rings. The smallest absolute Gasteiger partial charge is 0.0635 e. The third-order valence-corrected chi connectivity index (χ3v) is 2.38. The zero-order valence-corrected chi connectivity index (χ0v) is 8.08. The Morgan fingerprint density at radius 1 is 1.50 bits per heavy atom. The Bertz CT molecular complexity index is 163. The molecule has 1 saturated heterocycles. The molecular formula is C10H18N2. The molecule has 1 rings (SSSR count). The van der Waals surface area contributed by atoms with Crippen LogP contribution in [0.4, 0.5) is 0 Å². The first-order chi connectivity index (χ1) is 5.72. The summed E-state index contributed by atoms with van der Waals surface area (Å²) in [6.45, 7) is 7.97. The quantitative estimate of drug-likeness (QED) is 0.637. The van der Waals surface area contributed by atoms with Crippen LogP contribution in [0.1, 0.15) is 26.7 Å². The highest BCUT2D eigenvalue weighted by molar-refractivity contribution is 4.83. The van der Waals surface area contributed by atoms with E-state index in [0.717, 1.165) is 18.4 Å². The van der Waals surface area contributed by atoms with Gasteiger partial charge in [0.1, 0.15) is 0 Å². The molecule has 0 aromatic rings. The molecule has 0 saturated carbocycles. The van der Waals surface area contributed by atoms with E-state index >= 15 is 0 Å². The van der Waals surface area contributed by atoms with Gasteiger partial charge in [0.2, 0.25) is 0 Å². The van der Waals surface area contributed by atoms with Crippen LogP contribution in [0, 0.1) is 23.2 Å². The second-order valence-electron chi connectivity index (χ2n) is 4.16. The van der Waals surface area contributed by atoms with Crippen LogP contribution < -0.4 is 0 Å². The van der Waals surface area contributed by atoms with E-state index < -0.39 is 0 Å². The highest BCUT2D eigenvalue weighted by Crippen LogP contribution is 2.22. The van der Waals surface area contributed by atoms with Crippen LogP contribution in [-0.2, 0) is 0 Å². The fourth-order valence-electron chi connectivity index (χ4n) is 1.88. The predicted octanol–water partition coefficient (Wildman–Crippen LogP) is 1.88. The molecule has 0 spiro atoms. The van der Waals surface area contributed by atoms with Crippen LogP contribution in [0.15, 0.2) is 0 Å². The minimum atomic E-state index is 0.689. The van der Waals surface area contributed by atoms with Crippen molar-refractivity contribution in [1.82, 2.24) is 4.90 Å². The van der Waals surface area contributed by atoms with E-state index in [2.05, 4.69) is 24.8 Å². The lowest BCUT2D eigenvalue weighted by Crippen LogP contribution is -2.47. The summed E-state index contributed by atoms with van der Waals surface area (Å²) in [4.78, 5) is 2.37. The zero-order chi connectivity index (χ0) is 8.97. The summed E-state index contributed by atoms with van der Waals surface area (Å²) in [5.41, 5.74) is 0. The SMILES string of the molecule is CC(C)CC1CN(CCC#N)C1. The zero-order valence-electron chi connectivity index (χ0n) is 8.08. The van der Waals surface area contributed by atoms with Gasteiger partial charge >= 0.3 is 0 Å². The van der Waals surface area contributed by atoms with Crippen LogP contribution in [0.2, 0.25) is 0 Å². The van der Waals surface area contributed by atoms with Crippen LogP contribution >= 0.6 is 0 Å². The van der Waals surface area contributed by atoms with Crippen LogP contribution in [0.25, 0.3) is 0 Å². The molecule has 68 valence electrons. The predicted molar refractivity (Wildman–Crippen MR) is 49.6 cm³/mol. The molecule has 1 heterocycles. The van der Waals surface area contributed by atoms with Gasteiger partial charge in [-0.3, -0.25) is 0 Å². The first kappa shape index (κ1) is 9.54. The molecule has 2 nitrogen and oxygen atoms in total. The van der Waals surface area contributed by atoms with Crippen molar-refractivity contribution in [2.45, 2.75) is 26.7 Å². The van der Waals surface area contributed by atoms with E-state index in [0.29, 0.717) is 6.42 Å². The fraction of sp³-hybridized carbons (Fsp3) is 0.900. The highest BCUT2D eigenvalue weighted by Gasteiger charge is 2.25. The van der Waals surface area contributed by atoms with Crippen molar-refractivity contribution in [2.75, 3.05) is 19.6 Å². The van der Waals surface area contributed by atoms with Crippen LogP contribution in [0.5, 0.6) is 0 Å². The van der Waals surface area contributed by atoms with E-state index in [1.165, 1.54) is 19.5 Å². The van der Waals surface area contributed by atoms with Gasteiger partial charge in [-0.05, 0) is 18.3 Å². The molecule has 1 fully saturated rings. The normalized spacial score (nSPS) is 19.2. The average molecular weight is 166 g/mol. The minimum Gasteiger partial charge on any atom is -0.302 e. The number of hydrogen-bond donors (Lipinski definition) is 0. The van der Waals surface area contributed by atoms with Crippen LogP contribution in [0.3, 0.4) is 0 Å². The summed E-state index contributed by atoms with van der Waals surface area (Å²) in [5, 5.41) is 8.37. The molecule has 0 unspecified atom stereocenters. The van der Waals surface area contributed by atoms with Gasteiger partial charge in [0.05, 0.1) is 6.07 Å². The maximum Gasteiger partial charge on any atom is 0.0635 e. The van der Waals surface area contributed by atoms with Crippen molar-refractivity contribution in [3.8, 4) is 6.07 Å². The lowest BCUT2D eigenvalue weighted by atomic mass is 9.90. The van der Waals surface area contributed by atoms with Gasteiger partial charge in [0, 0.05) is 26.1 Å². The van der Waals surface area contributed by atoms with E-state index in [1.807, 2.05) is 0 Å². The Labute approximate surface area is 75.2 Å². The second-order valence-corrected chi connectivity index (χ2v) is 4.16. The summed E-state index contributed by atoms with van der Waals surface area (Å²) < 4.78 is 0. The fourth-order valence-corrected chi connectivity index (χ4v) is 1.88. The molecule has 0 atom stereocenters. The summed E-state index contributed by atoms with van der Waals surface area (Å²) in [5.74, 6) is 1.73. The van der Waals surface area contributed by atoms with Gasteiger partial charge in [-0.15, -0.1) is 0 Å².